The molecule has 1 heterocycles. The van der Waals surface area contributed by atoms with E-state index in [0.717, 1.165) is 37.0 Å². The molecule has 31 heavy (non-hydrogen) atoms. The number of ether oxygens (including phenoxy) is 1. The Bertz CT molecular complexity index is 1010. The van der Waals surface area contributed by atoms with E-state index in [2.05, 4.69) is 34.1 Å². The van der Waals surface area contributed by atoms with Crippen molar-refractivity contribution in [2.45, 2.75) is 19.4 Å². The van der Waals surface area contributed by atoms with E-state index in [1.54, 1.807) is 0 Å². The van der Waals surface area contributed by atoms with Crippen molar-refractivity contribution < 1.29 is 14.6 Å². The third kappa shape index (κ3) is 5.06. The summed E-state index contributed by atoms with van der Waals surface area (Å²) in [6.07, 6.45) is -0.199. The fourth-order valence-corrected chi connectivity index (χ4v) is 4.17. The second kappa shape index (κ2) is 9.94. The van der Waals surface area contributed by atoms with Gasteiger partial charge in [-0.3, -0.25) is 9.69 Å². The molecule has 0 radical (unpaired) electrons. The molecule has 1 aliphatic heterocycles. The number of aliphatic hydroxyl groups is 1. The molecule has 5 heteroatoms. The number of carbonyl (C=O) groups excluding carboxylic acids is 1. The molecule has 1 atom stereocenters. The molecule has 1 saturated heterocycles. The van der Waals surface area contributed by atoms with Gasteiger partial charge in [0.05, 0.1) is 5.56 Å². The third-order valence-electron chi connectivity index (χ3n) is 5.88. The molecule has 0 aliphatic carbocycles. The number of Topliss-reactive ketones (excluding diaryl/α,β-unsaturated/α-hetero) is 1. The van der Waals surface area contributed by atoms with Crippen LogP contribution in [0.25, 0.3) is 10.8 Å². The van der Waals surface area contributed by atoms with Crippen LogP contribution in [0.15, 0.2) is 66.7 Å². The zero-order valence-electron chi connectivity index (χ0n) is 18.0. The van der Waals surface area contributed by atoms with E-state index >= 15 is 0 Å². The van der Waals surface area contributed by atoms with Crippen molar-refractivity contribution >= 4 is 22.2 Å². The lowest BCUT2D eigenvalue weighted by atomic mass is 10.0. The number of β-amino-alcohol motifs (C(OH)–C–C–N with tert-alkyl or cyclic N) is 1. The van der Waals surface area contributed by atoms with E-state index in [1.165, 1.54) is 5.69 Å². The number of aliphatic hydroxyl groups excluding tert-OH is 1. The van der Waals surface area contributed by atoms with E-state index in [1.807, 2.05) is 49.4 Å². The lowest BCUT2D eigenvalue weighted by Gasteiger charge is -2.36. The Balaban J connectivity index is 1.36. The Morgan fingerprint density at radius 2 is 1.68 bits per heavy atom. The number of hydrogen-bond acceptors (Lipinski definition) is 5. The van der Waals surface area contributed by atoms with Crippen molar-refractivity contribution in [2.24, 2.45) is 0 Å². The number of benzene rings is 3. The van der Waals surface area contributed by atoms with E-state index < -0.39 is 6.10 Å². The second-order valence-electron chi connectivity index (χ2n) is 8.03. The van der Waals surface area contributed by atoms with Gasteiger partial charge in [0, 0.05) is 50.2 Å². The van der Waals surface area contributed by atoms with Crippen molar-refractivity contribution in [2.75, 3.05) is 44.2 Å². The van der Waals surface area contributed by atoms with Crippen molar-refractivity contribution in [1.82, 2.24) is 4.90 Å². The van der Waals surface area contributed by atoms with Crippen LogP contribution in [0, 0.1) is 0 Å². The van der Waals surface area contributed by atoms with Crippen LogP contribution in [0.4, 0.5) is 5.69 Å². The van der Waals surface area contributed by atoms with Gasteiger partial charge in [0.1, 0.15) is 18.5 Å². The molecule has 0 aromatic heterocycles. The minimum Gasteiger partial charge on any atom is -0.489 e. The van der Waals surface area contributed by atoms with Gasteiger partial charge in [0.2, 0.25) is 0 Å². The Kier molecular flexibility index (Phi) is 6.85. The van der Waals surface area contributed by atoms with Crippen LogP contribution in [0.3, 0.4) is 0 Å². The van der Waals surface area contributed by atoms with E-state index in [-0.39, 0.29) is 12.4 Å². The van der Waals surface area contributed by atoms with E-state index in [0.29, 0.717) is 24.3 Å². The van der Waals surface area contributed by atoms with Gasteiger partial charge < -0.3 is 14.7 Å². The molecule has 1 aliphatic rings. The van der Waals surface area contributed by atoms with Gasteiger partial charge in [-0.05, 0) is 23.6 Å². The number of fused-ring (bicyclic) bond motifs is 1. The standard InChI is InChI=1S/C26H30N2O3/c1-2-25(30)24-13-12-20-8-6-7-11-23(20)26(24)31-19-22(29)18-27-14-16-28(17-15-27)21-9-4-3-5-10-21/h3-13,22,29H,2,14-19H2,1H3. The average molecular weight is 419 g/mol. The molecule has 162 valence electrons. The lowest BCUT2D eigenvalue weighted by Crippen LogP contribution is -2.49. The minimum absolute atomic E-state index is 0.0484. The Morgan fingerprint density at radius 1 is 0.968 bits per heavy atom. The zero-order valence-corrected chi connectivity index (χ0v) is 18.0. The molecular weight excluding hydrogens is 388 g/mol. The van der Waals surface area contributed by atoms with Gasteiger partial charge in [-0.25, -0.2) is 0 Å². The van der Waals surface area contributed by atoms with Crippen molar-refractivity contribution in [3.63, 3.8) is 0 Å². The highest BCUT2D eigenvalue weighted by Gasteiger charge is 2.21. The molecule has 1 unspecified atom stereocenters. The first kappa shape index (κ1) is 21.3. The number of hydrogen-bond donors (Lipinski definition) is 1. The second-order valence-corrected chi connectivity index (χ2v) is 8.03. The minimum atomic E-state index is -0.619. The molecule has 1 fully saturated rings. The normalized spacial score (nSPS) is 15.7. The molecule has 0 saturated carbocycles. The number of para-hydroxylation sites is 1. The third-order valence-corrected chi connectivity index (χ3v) is 5.88. The summed E-state index contributed by atoms with van der Waals surface area (Å²) in [4.78, 5) is 17.1. The van der Waals surface area contributed by atoms with Crippen molar-refractivity contribution in [3.05, 3.63) is 72.3 Å². The molecule has 0 spiro atoms. The lowest BCUT2D eigenvalue weighted by molar-refractivity contribution is 0.0661. The van der Waals surface area contributed by atoms with Gasteiger partial charge in [0.25, 0.3) is 0 Å². The smallest absolute Gasteiger partial charge is 0.166 e. The zero-order chi connectivity index (χ0) is 21.6. The number of ketones is 1. The van der Waals surface area contributed by atoms with Crippen LogP contribution in [0.2, 0.25) is 0 Å². The number of carbonyl (C=O) groups is 1. The van der Waals surface area contributed by atoms with Gasteiger partial charge >= 0.3 is 0 Å². The van der Waals surface area contributed by atoms with Crippen LogP contribution in [-0.4, -0.2) is 61.2 Å². The fraction of sp³-hybridized carbons (Fsp3) is 0.346. The summed E-state index contributed by atoms with van der Waals surface area (Å²) in [5, 5.41) is 12.6. The maximum absolute atomic E-state index is 12.4. The Morgan fingerprint density at radius 3 is 2.42 bits per heavy atom. The molecule has 3 aromatic rings. The van der Waals surface area contributed by atoms with Crippen molar-refractivity contribution in [3.8, 4) is 5.75 Å². The molecule has 0 amide bonds. The molecule has 5 nitrogen and oxygen atoms in total. The number of anilines is 1. The summed E-state index contributed by atoms with van der Waals surface area (Å²) >= 11 is 0. The molecule has 0 bridgehead atoms. The van der Waals surface area contributed by atoms with E-state index in [4.69, 9.17) is 4.74 Å². The maximum Gasteiger partial charge on any atom is 0.166 e. The number of piperazine rings is 1. The first-order chi connectivity index (χ1) is 15.2. The Hall–Kier alpha value is -2.89. The Labute approximate surface area is 183 Å². The van der Waals surface area contributed by atoms with Gasteiger partial charge in [-0.2, -0.15) is 0 Å². The maximum atomic E-state index is 12.4. The topological polar surface area (TPSA) is 53.0 Å². The summed E-state index contributed by atoms with van der Waals surface area (Å²) in [6, 6.07) is 22.1. The summed E-state index contributed by atoms with van der Waals surface area (Å²) in [5.74, 6) is 0.630. The average Bonchev–Trinajstić information content (AvgIpc) is 2.83. The predicted octanol–water partition coefficient (Wildman–Crippen LogP) is 3.99. The van der Waals surface area contributed by atoms with E-state index in [9.17, 15) is 9.90 Å². The highest BCUT2D eigenvalue weighted by Crippen LogP contribution is 2.31. The van der Waals surface area contributed by atoms with Crippen LogP contribution >= 0.6 is 0 Å². The fourth-order valence-electron chi connectivity index (χ4n) is 4.17. The van der Waals surface area contributed by atoms with Crippen LogP contribution in [0.5, 0.6) is 5.75 Å². The highest BCUT2D eigenvalue weighted by atomic mass is 16.5. The van der Waals surface area contributed by atoms with Crippen LogP contribution in [-0.2, 0) is 0 Å². The van der Waals surface area contributed by atoms with Crippen LogP contribution < -0.4 is 9.64 Å². The monoisotopic (exact) mass is 418 g/mol. The number of nitrogens with zero attached hydrogens (tertiary/aromatic N) is 2. The van der Waals surface area contributed by atoms with Gasteiger partial charge in [0.15, 0.2) is 5.78 Å². The summed E-state index contributed by atoms with van der Waals surface area (Å²) in [6.45, 7) is 6.26. The predicted molar refractivity (Wildman–Crippen MR) is 125 cm³/mol. The van der Waals surface area contributed by atoms with Crippen molar-refractivity contribution in [1.29, 1.82) is 0 Å². The first-order valence-corrected chi connectivity index (χ1v) is 11.0. The summed E-state index contributed by atoms with van der Waals surface area (Å²) in [5.41, 5.74) is 1.83. The summed E-state index contributed by atoms with van der Waals surface area (Å²) in [7, 11) is 0. The molecule has 1 N–H and O–H groups in total. The quantitative estimate of drug-likeness (QED) is 0.561. The molecule has 4 rings (SSSR count). The van der Waals surface area contributed by atoms with Crippen LogP contribution in [0.1, 0.15) is 23.7 Å². The molecular formula is C26H30N2O3. The summed E-state index contributed by atoms with van der Waals surface area (Å²) < 4.78 is 6.06. The van der Waals surface area contributed by atoms with Gasteiger partial charge in [-0.15, -0.1) is 0 Å². The SMILES string of the molecule is CCC(=O)c1ccc2ccccc2c1OCC(O)CN1CCN(c2ccccc2)CC1. The largest absolute Gasteiger partial charge is 0.489 e. The highest BCUT2D eigenvalue weighted by molar-refractivity contribution is 6.04. The first-order valence-electron chi connectivity index (χ1n) is 11.0. The molecule has 3 aromatic carbocycles. The number of rotatable bonds is 8. The van der Waals surface area contributed by atoms with Gasteiger partial charge in [-0.1, -0.05) is 55.5 Å².